The minimum absolute atomic E-state index is 0.194. The van der Waals surface area contributed by atoms with Crippen LogP contribution in [-0.4, -0.2) is 11.5 Å². The molecule has 2 aromatic rings. The Labute approximate surface area is 129 Å². The van der Waals surface area contributed by atoms with Gasteiger partial charge < -0.3 is 5.32 Å². The minimum atomic E-state index is 0.194. The third kappa shape index (κ3) is 3.90. The zero-order valence-corrected chi connectivity index (χ0v) is 13.9. The van der Waals surface area contributed by atoms with E-state index in [1.54, 1.807) is 0 Å². The van der Waals surface area contributed by atoms with Crippen LogP contribution in [0.5, 0.6) is 0 Å². The Hall–Kier alpha value is -1.19. The van der Waals surface area contributed by atoms with E-state index in [1.165, 1.54) is 16.7 Å². The monoisotopic (exact) mass is 332 g/mol. The molecule has 20 heavy (non-hydrogen) atoms. The summed E-state index contributed by atoms with van der Waals surface area (Å²) in [5.41, 5.74) is 4.80. The zero-order chi connectivity index (χ0) is 14.5. The Bertz CT molecular complexity index is 543. The smallest absolute Gasteiger partial charge is 0.0592 e. The quantitative estimate of drug-likeness (QED) is 0.868. The first-order valence-electron chi connectivity index (χ1n) is 7.03. The number of benzene rings is 1. The predicted molar refractivity (Wildman–Crippen MR) is 88.0 cm³/mol. The summed E-state index contributed by atoms with van der Waals surface area (Å²) in [6.07, 6.45) is 3.08. The van der Waals surface area contributed by atoms with E-state index in [9.17, 15) is 0 Å². The first-order chi connectivity index (χ1) is 9.60. The van der Waals surface area contributed by atoms with Crippen LogP contribution in [0.2, 0.25) is 0 Å². The van der Waals surface area contributed by atoms with Crippen LogP contribution in [0.4, 0.5) is 0 Å². The Morgan fingerprint density at radius 1 is 1.15 bits per heavy atom. The van der Waals surface area contributed by atoms with Crippen molar-refractivity contribution < 1.29 is 0 Å². The summed E-state index contributed by atoms with van der Waals surface area (Å²) < 4.78 is 1.12. The summed E-state index contributed by atoms with van der Waals surface area (Å²) in [6, 6.07) is 11.0. The fourth-order valence-corrected chi connectivity index (χ4v) is 2.92. The largest absolute Gasteiger partial charge is 0.306 e. The molecule has 0 spiro atoms. The van der Waals surface area contributed by atoms with Crippen molar-refractivity contribution in [1.82, 2.24) is 10.3 Å². The molecule has 1 heterocycles. The molecule has 106 valence electrons. The fourth-order valence-electron chi connectivity index (χ4n) is 2.30. The van der Waals surface area contributed by atoms with Crippen LogP contribution in [0.25, 0.3) is 0 Å². The molecule has 0 saturated carbocycles. The molecule has 0 aliphatic rings. The Balaban J connectivity index is 2.38. The normalized spacial score (nSPS) is 12.4. The van der Waals surface area contributed by atoms with Crippen LogP contribution in [0, 0.1) is 13.8 Å². The minimum Gasteiger partial charge on any atom is -0.306 e. The zero-order valence-electron chi connectivity index (χ0n) is 12.3. The Kier molecular flexibility index (Phi) is 5.32. The van der Waals surface area contributed by atoms with Crippen LogP contribution in [0.3, 0.4) is 0 Å². The van der Waals surface area contributed by atoms with Crippen LogP contribution < -0.4 is 5.32 Å². The molecule has 3 heteroatoms. The van der Waals surface area contributed by atoms with Gasteiger partial charge in [0, 0.05) is 16.4 Å². The highest BCUT2D eigenvalue weighted by Gasteiger charge is 2.14. The van der Waals surface area contributed by atoms with E-state index in [1.807, 2.05) is 13.1 Å². The molecule has 1 aromatic heterocycles. The van der Waals surface area contributed by atoms with Gasteiger partial charge in [0.15, 0.2) is 0 Å². The summed E-state index contributed by atoms with van der Waals surface area (Å²) in [5.74, 6) is 0. The van der Waals surface area contributed by atoms with Crippen LogP contribution in [0.15, 0.2) is 41.0 Å². The van der Waals surface area contributed by atoms with Crippen LogP contribution >= 0.6 is 15.9 Å². The lowest BCUT2D eigenvalue weighted by atomic mass is 9.98. The number of halogens is 1. The number of nitrogens with zero attached hydrogens (tertiary/aromatic N) is 1. The maximum atomic E-state index is 4.43. The second-order valence-electron chi connectivity index (χ2n) is 5.18. The van der Waals surface area contributed by atoms with Crippen molar-refractivity contribution in [3.63, 3.8) is 0 Å². The highest BCUT2D eigenvalue weighted by atomic mass is 79.9. The van der Waals surface area contributed by atoms with Gasteiger partial charge in [0.2, 0.25) is 0 Å². The van der Waals surface area contributed by atoms with Gasteiger partial charge in [-0.05, 0) is 61.7 Å². The molecule has 1 N–H and O–H groups in total. The number of hydrogen-bond acceptors (Lipinski definition) is 2. The van der Waals surface area contributed by atoms with E-state index in [2.05, 4.69) is 70.4 Å². The molecule has 0 bridgehead atoms. The predicted octanol–water partition coefficient (Wildman–Crippen LogP) is 4.55. The van der Waals surface area contributed by atoms with E-state index in [-0.39, 0.29) is 6.04 Å². The number of aromatic nitrogens is 1. The molecule has 0 aliphatic carbocycles. The molecule has 0 aliphatic heterocycles. The highest BCUT2D eigenvalue weighted by molar-refractivity contribution is 9.10. The first-order valence-corrected chi connectivity index (χ1v) is 7.82. The van der Waals surface area contributed by atoms with Crippen molar-refractivity contribution in [2.45, 2.75) is 33.2 Å². The number of nitrogens with one attached hydrogen (secondary N) is 1. The molecular weight excluding hydrogens is 312 g/mol. The number of hydrogen-bond donors (Lipinski definition) is 1. The molecular formula is C17H21BrN2. The van der Waals surface area contributed by atoms with Crippen molar-refractivity contribution in [1.29, 1.82) is 0 Å². The van der Waals surface area contributed by atoms with E-state index < -0.39 is 0 Å². The van der Waals surface area contributed by atoms with Gasteiger partial charge in [-0.25, -0.2) is 0 Å². The summed E-state index contributed by atoms with van der Waals surface area (Å²) in [5, 5.41) is 3.62. The van der Waals surface area contributed by atoms with Gasteiger partial charge in [0.1, 0.15) is 0 Å². The van der Waals surface area contributed by atoms with Gasteiger partial charge in [0.25, 0.3) is 0 Å². The lowest BCUT2D eigenvalue weighted by molar-refractivity contribution is 0.596. The van der Waals surface area contributed by atoms with E-state index >= 15 is 0 Å². The summed E-state index contributed by atoms with van der Waals surface area (Å²) in [4.78, 5) is 4.43. The molecule has 2 nitrogen and oxygen atoms in total. The fraction of sp³-hybridized carbons (Fsp3) is 0.353. The highest BCUT2D eigenvalue weighted by Crippen LogP contribution is 2.26. The second-order valence-corrected chi connectivity index (χ2v) is 6.10. The molecule has 1 atom stereocenters. The van der Waals surface area contributed by atoms with Crippen molar-refractivity contribution in [2.24, 2.45) is 0 Å². The van der Waals surface area contributed by atoms with Crippen molar-refractivity contribution in [2.75, 3.05) is 6.54 Å². The van der Waals surface area contributed by atoms with Gasteiger partial charge >= 0.3 is 0 Å². The van der Waals surface area contributed by atoms with Crippen molar-refractivity contribution in [3.05, 3.63) is 63.4 Å². The molecule has 1 aromatic carbocycles. The Morgan fingerprint density at radius 3 is 2.55 bits per heavy atom. The van der Waals surface area contributed by atoms with Gasteiger partial charge in [-0.1, -0.05) is 35.0 Å². The molecule has 0 radical (unpaired) electrons. The third-order valence-electron chi connectivity index (χ3n) is 3.26. The maximum absolute atomic E-state index is 4.43. The van der Waals surface area contributed by atoms with Crippen molar-refractivity contribution >= 4 is 15.9 Å². The number of rotatable bonds is 5. The van der Waals surface area contributed by atoms with E-state index in [4.69, 9.17) is 0 Å². The van der Waals surface area contributed by atoms with Crippen molar-refractivity contribution in [3.8, 4) is 0 Å². The molecule has 2 rings (SSSR count). The van der Waals surface area contributed by atoms with Gasteiger partial charge in [0.05, 0.1) is 6.04 Å². The average molecular weight is 333 g/mol. The van der Waals surface area contributed by atoms with Gasteiger partial charge in [-0.2, -0.15) is 0 Å². The lowest BCUT2D eigenvalue weighted by Crippen LogP contribution is -2.23. The van der Waals surface area contributed by atoms with E-state index in [0.29, 0.717) is 0 Å². The number of aryl methyl sites for hydroxylation is 2. The summed E-state index contributed by atoms with van der Waals surface area (Å²) >= 11 is 3.59. The van der Waals surface area contributed by atoms with E-state index in [0.717, 1.165) is 23.1 Å². The molecule has 0 saturated heterocycles. The average Bonchev–Trinajstić information content (AvgIpc) is 2.40. The van der Waals surface area contributed by atoms with Gasteiger partial charge in [-0.15, -0.1) is 0 Å². The number of pyridine rings is 1. The second kappa shape index (κ2) is 7.00. The standard InChI is InChI=1S/C17H21BrN2/c1-4-7-19-17(14-6-5-13(3)20-11-14)15-8-12(2)9-16(18)10-15/h5-6,8-11,17,19H,4,7H2,1-3H3. The molecule has 0 amide bonds. The van der Waals surface area contributed by atoms with Crippen LogP contribution in [0.1, 0.15) is 41.8 Å². The first kappa shape index (κ1) is 15.2. The molecule has 0 fully saturated rings. The third-order valence-corrected chi connectivity index (χ3v) is 3.72. The summed E-state index contributed by atoms with van der Waals surface area (Å²) in [7, 11) is 0. The molecule has 1 unspecified atom stereocenters. The maximum Gasteiger partial charge on any atom is 0.0592 e. The van der Waals surface area contributed by atoms with Gasteiger partial charge in [-0.3, -0.25) is 4.98 Å². The SMILES string of the molecule is CCCNC(c1ccc(C)nc1)c1cc(C)cc(Br)c1. The topological polar surface area (TPSA) is 24.9 Å². The van der Waals surface area contributed by atoms with Crippen LogP contribution in [-0.2, 0) is 0 Å². The lowest BCUT2D eigenvalue weighted by Gasteiger charge is -2.20. The Morgan fingerprint density at radius 2 is 1.95 bits per heavy atom. The summed E-state index contributed by atoms with van der Waals surface area (Å²) in [6.45, 7) is 7.31.